The van der Waals surface area contributed by atoms with Gasteiger partial charge in [0.1, 0.15) is 0 Å². The maximum Gasteiger partial charge on any atom is 0.226 e. The Labute approximate surface area is 118 Å². The quantitative estimate of drug-likeness (QED) is 0.741. The zero-order valence-electron chi connectivity index (χ0n) is 11.1. The molecule has 0 spiro atoms. The number of rotatable bonds is 5. The number of benzene rings is 1. The van der Waals surface area contributed by atoms with Gasteiger partial charge in [0, 0.05) is 17.6 Å². The van der Waals surface area contributed by atoms with Crippen molar-refractivity contribution >= 4 is 21.6 Å². The lowest BCUT2D eigenvalue weighted by molar-refractivity contribution is -0.118. The van der Waals surface area contributed by atoms with Gasteiger partial charge in [0.2, 0.25) is 15.9 Å². The molecule has 0 unspecified atom stereocenters. The van der Waals surface area contributed by atoms with Gasteiger partial charge in [0.05, 0.1) is 5.75 Å². The minimum Gasteiger partial charge on any atom is -0.326 e. The van der Waals surface area contributed by atoms with Crippen LogP contribution in [-0.4, -0.2) is 19.9 Å². The van der Waals surface area contributed by atoms with E-state index in [0.717, 1.165) is 19.3 Å². The van der Waals surface area contributed by atoms with E-state index < -0.39 is 10.0 Å². The highest BCUT2D eigenvalue weighted by Crippen LogP contribution is 2.32. The summed E-state index contributed by atoms with van der Waals surface area (Å²) in [6, 6.07) is 6.56. The average molecular weight is 297 g/mol. The van der Waals surface area contributed by atoms with E-state index in [0.29, 0.717) is 17.7 Å². The summed E-state index contributed by atoms with van der Waals surface area (Å²) in [7, 11) is -3.54. The van der Waals surface area contributed by atoms with E-state index in [1.807, 2.05) is 0 Å². The van der Waals surface area contributed by atoms with Crippen molar-refractivity contribution in [2.24, 2.45) is 10.9 Å². The van der Waals surface area contributed by atoms with E-state index in [4.69, 9.17) is 10.9 Å². The van der Waals surface area contributed by atoms with Gasteiger partial charge in [0.15, 0.2) is 0 Å². The third-order valence-corrected chi connectivity index (χ3v) is 4.20. The van der Waals surface area contributed by atoms with Crippen molar-refractivity contribution in [1.82, 2.24) is 0 Å². The minimum absolute atomic E-state index is 0.119. The molecule has 5 N–H and O–H groups in total. The maximum atomic E-state index is 11.8. The van der Waals surface area contributed by atoms with Gasteiger partial charge in [-0.3, -0.25) is 4.79 Å². The Morgan fingerprint density at radius 1 is 1.25 bits per heavy atom. The third kappa shape index (κ3) is 4.29. The monoisotopic (exact) mass is 297 g/mol. The van der Waals surface area contributed by atoms with Crippen LogP contribution in [0.1, 0.15) is 31.2 Å². The van der Waals surface area contributed by atoms with E-state index >= 15 is 0 Å². The Kier molecular flexibility index (Phi) is 4.12. The lowest BCUT2D eigenvalue weighted by Gasteiger charge is -2.37. The first-order valence-electron chi connectivity index (χ1n) is 6.44. The molecule has 7 heteroatoms. The molecule has 1 aromatic rings. The number of hydrogen-bond donors (Lipinski definition) is 3. The predicted octanol–water partition coefficient (Wildman–Crippen LogP) is 0.685. The first-order valence-corrected chi connectivity index (χ1v) is 8.16. The summed E-state index contributed by atoms with van der Waals surface area (Å²) in [5.41, 5.74) is 6.86. The first kappa shape index (κ1) is 15.0. The number of anilines is 1. The highest BCUT2D eigenvalue weighted by Gasteiger charge is 2.34. The lowest BCUT2D eigenvalue weighted by Crippen LogP contribution is -2.48. The molecule has 6 nitrogen and oxygen atoms in total. The zero-order valence-corrected chi connectivity index (χ0v) is 11.9. The zero-order chi connectivity index (χ0) is 14.8. The lowest BCUT2D eigenvalue weighted by atomic mass is 9.75. The van der Waals surface area contributed by atoms with Crippen molar-refractivity contribution in [3.8, 4) is 0 Å². The van der Waals surface area contributed by atoms with Gasteiger partial charge < -0.3 is 11.1 Å². The van der Waals surface area contributed by atoms with Crippen LogP contribution in [0.5, 0.6) is 0 Å². The van der Waals surface area contributed by atoms with Crippen LogP contribution < -0.4 is 16.2 Å². The molecule has 1 saturated carbocycles. The normalized spacial score (nSPS) is 17.3. The van der Waals surface area contributed by atoms with Crippen molar-refractivity contribution < 1.29 is 13.2 Å². The van der Waals surface area contributed by atoms with Gasteiger partial charge in [-0.05, 0) is 37.0 Å². The molecule has 0 radical (unpaired) electrons. The van der Waals surface area contributed by atoms with Gasteiger partial charge in [-0.15, -0.1) is 0 Å². The minimum atomic E-state index is -3.54. The molecule has 2 rings (SSSR count). The van der Waals surface area contributed by atoms with Crippen molar-refractivity contribution in [1.29, 1.82) is 0 Å². The van der Waals surface area contributed by atoms with E-state index in [9.17, 15) is 13.2 Å². The molecule has 0 aromatic heterocycles. The van der Waals surface area contributed by atoms with Gasteiger partial charge in [-0.1, -0.05) is 12.1 Å². The average Bonchev–Trinajstić information content (AvgIpc) is 2.27. The largest absolute Gasteiger partial charge is 0.326 e. The number of primary sulfonamides is 1. The van der Waals surface area contributed by atoms with E-state index in [1.54, 1.807) is 24.3 Å². The number of carbonyl (C=O) groups is 1. The fraction of sp³-hybridized carbons (Fsp3) is 0.462. The smallest absolute Gasteiger partial charge is 0.226 e. The second kappa shape index (κ2) is 5.51. The Morgan fingerprint density at radius 3 is 2.30 bits per heavy atom. The number of nitrogens with two attached hydrogens (primary N) is 2. The highest BCUT2D eigenvalue weighted by molar-refractivity contribution is 7.88. The topological polar surface area (TPSA) is 115 Å². The fourth-order valence-corrected chi connectivity index (χ4v) is 2.91. The molecule has 0 aliphatic heterocycles. The van der Waals surface area contributed by atoms with Crippen LogP contribution >= 0.6 is 0 Å². The van der Waals surface area contributed by atoms with Crippen LogP contribution in [0.4, 0.5) is 5.69 Å². The summed E-state index contributed by atoms with van der Waals surface area (Å²) < 4.78 is 21.9. The maximum absolute atomic E-state index is 11.8. The Hall–Kier alpha value is -1.44. The molecule has 0 heterocycles. The number of sulfonamides is 1. The third-order valence-electron chi connectivity index (χ3n) is 3.47. The summed E-state index contributed by atoms with van der Waals surface area (Å²) in [6.07, 6.45) is 3.15. The molecule has 20 heavy (non-hydrogen) atoms. The predicted molar refractivity (Wildman–Crippen MR) is 77.3 cm³/mol. The van der Waals surface area contributed by atoms with Gasteiger partial charge in [-0.25, -0.2) is 13.6 Å². The van der Waals surface area contributed by atoms with Crippen LogP contribution in [0.25, 0.3) is 0 Å². The van der Waals surface area contributed by atoms with Crippen molar-refractivity contribution in [2.75, 3.05) is 5.32 Å². The van der Waals surface area contributed by atoms with Crippen LogP contribution in [0.2, 0.25) is 0 Å². The second-order valence-electron chi connectivity index (χ2n) is 5.45. The summed E-state index contributed by atoms with van der Waals surface area (Å²) >= 11 is 0. The molecule has 0 saturated heterocycles. The summed E-state index contributed by atoms with van der Waals surface area (Å²) in [5, 5.41) is 7.72. The van der Waals surface area contributed by atoms with E-state index in [-0.39, 0.29) is 17.2 Å². The number of amides is 1. The first-order chi connectivity index (χ1) is 9.26. The molecule has 1 aromatic carbocycles. The number of hydrogen-bond acceptors (Lipinski definition) is 4. The Balaban J connectivity index is 1.91. The SMILES string of the molecule is NC1(CC(=O)Nc2ccc(CS(N)(=O)=O)cc2)CCC1. The second-order valence-corrected chi connectivity index (χ2v) is 7.06. The molecule has 110 valence electrons. The van der Waals surface area contributed by atoms with Crippen LogP contribution in [0.15, 0.2) is 24.3 Å². The molecule has 1 fully saturated rings. The molecule has 1 amide bonds. The van der Waals surface area contributed by atoms with Crippen LogP contribution in [0, 0.1) is 0 Å². The Morgan fingerprint density at radius 2 is 1.85 bits per heavy atom. The molecule has 1 aliphatic carbocycles. The molecule has 0 atom stereocenters. The van der Waals surface area contributed by atoms with Crippen molar-refractivity contribution in [3.63, 3.8) is 0 Å². The molecule has 1 aliphatic rings. The highest BCUT2D eigenvalue weighted by atomic mass is 32.2. The van der Waals surface area contributed by atoms with Gasteiger partial charge in [0.25, 0.3) is 0 Å². The van der Waals surface area contributed by atoms with Crippen LogP contribution in [0.3, 0.4) is 0 Å². The van der Waals surface area contributed by atoms with Crippen molar-refractivity contribution in [3.05, 3.63) is 29.8 Å². The summed E-state index contributed by atoms with van der Waals surface area (Å²) in [6.45, 7) is 0. The number of carbonyl (C=O) groups excluding carboxylic acids is 1. The molecular formula is C13H19N3O3S. The summed E-state index contributed by atoms with van der Waals surface area (Å²) in [5.74, 6) is -0.334. The van der Waals surface area contributed by atoms with Gasteiger partial charge >= 0.3 is 0 Å². The van der Waals surface area contributed by atoms with Gasteiger partial charge in [-0.2, -0.15) is 0 Å². The Bertz CT molecular complexity index is 592. The summed E-state index contributed by atoms with van der Waals surface area (Å²) in [4.78, 5) is 11.8. The van der Waals surface area contributed by atoms with Crippen molar-refractivity contribution in [2.45, 2.75) is 37.0 Å². The molecule has 0 bridgehead atoms. The molecular weight excluding hydrogens is 278 g/mol. The van der Waals surface area contributed by atoms with Crippen LogP contribution in [-0.2, 0) is 20.6 Å². The van der Waals surface area contributed by atoms with E-state index in [1.165, 1.54) is 0 Å². The standard InChI is InChI=1S/C13H19N3O3S/c14-13(6-1-7-13)8-12(17)16-11-4-2-10(3-5-11)9-20(15,18)19/h2-5H,1,6-9,14H2,(H,16,17)(H2,15,18,19). The van der Waals surface area contributed by atoms with E-state index in [2.05, 4.69) is 5.32 Å². The fourth-order valence-electron chi connectivity index (χ4n) is 2.25. The number of nitrogens with one attached hydrogen (secondary N) is 1.